The van der Waals surface area contributed by atoms with E-state index in [4.69, 9.17) is 14.2 Å². The average molecular weight is 238 g/mol. The van der Waals surface area contributed by atoms with Crippen LogP contribution in [0.15, 0.2) is 0 Å². The predicted octanol–water partition coefficient (Wildman–Crippen LogP) is 1.45. The van der Waals surface area contributed by atoms with Gasteiger partial charge in [0.05, 0.1) is 12.7 Å². The summed E-state index contributed by atoms with van der Waals surface area (Å²) in [6.07, 6.45) is -0.190. The van der Waals surface area contributed by atoms with E-state index in [9.17, 15) is 9.36 Å². The van der Waals surface area contributed by atoms with Crippen LogP contribution in [0, 0.1) is 5.92 Å². The number of Topliss-reactive ketones (excluding diaryl/α,β-unsaturated/α-hetero) is 1. The Morgan fingerprint density at radius 3 is 2.40 bits per heavy atom. The van der Waals surface area contributed by atoms with Crippen LogP contribution in [-0.2, 0) is 18.6 Å². The largest absolute Gasteiger partial charge is 0.384 e. The summed E-state index contributed by atoms with van der Waals surface area (Å²) in [4.78, 5) is 20.0. The Morgan fingerprint density at radius 2 is 2.07 bits per heavy atom. The lowest BCUT2D eigenvalue weighted by atomic mass is 9.99. The molecule has 0 fully saturated rings. The van der Waals surface area contributed by atoms with Crippen LogP contribution in [0.5, 0.6) is 0 Å². The second kappa shape index (κ2) is 6.38. The van der Waals surface area contributed by atoms with Crippen LogP contribution < -0.4 is 0 Å². The zero-order valence-electron chi connectivity index (χ0n) is 9.60. The first-order chi connectivity index (χ1) is 6.76. The van der Waals surface area contributed by atoms with Crippen LogP contribution in [0.25, 0.3) is 0 Å². The zero-order chi connectivity index (χ0) is 12.1. The molecule has 0 radical (unpaired) electrons. The van der Waals surface area contributed by atoms with Gasteiger partial charge in [-0.3, -0.25) is 4.57 Å². The zero-order valence-corrected chi connectivity index (χ0v) is 10.5. The number of ether oxygens (including phenoxy) is 1. The SMILES string of the molecule is COC[C@@H](CC(C)=O)[C@@H](C)OP(C)(=O)O. The van der Waals surface area contributed by atoms with Gasteiger partial charge in [0.1, 0.15) is 5.78 Å². The van der Waals surface area contributed by atoms with Crippen LogP contribution >= 0.6 is 7.60 Å². The highest BCUT2D eigenvalue weighted by Gasteiger charge is 2.25. The number of ketones is 1. The molecule has 15 heavy (non-hydrogen) atoms. The van der Waals surface area contributed by atoms with Crippen molar-refractivity contribution < 1.29 is 23.5 Å². The molecule has 0 aliphatic rings. The van der Waals surface area contributed by atoms with Gasteiger partial charge in [-0.1, -0.05) is 0 Å². The van der Waals surface area contributed by atoms with Crippen molar-refractivity contribution in [3.05, 3.63) is 0 Å². The Balaban J connectivity index is 4.34. The second-order valence-electron chi connectivity index (χ2n) is 3.74. The molecule has 6 heteroatoms. The van der Waals surface area contributed by atoms with E-state index in [0.29, 0.717) is 6.61 Å². The third-order valence-electron chi connectivity index (χ3n) is 1.96. The van der Waals surface area contributed by atoms with Crippen LogP contribution in [0.1, 0.15) is 20.3 Å². The number of hydrogen-bond donors (Lipinski definition) is 1. The highest BCUT2D eigenvalue weighted by atomic mass is 31.2. The smallest absolute Gasteiger partial charge is 0.325 e. The monoisotopic (exact) mass is 238 g/mol. The first-order valence-corrected chi connectivity index (χ1v) is 6.75. The van der Waals surface area contributed by atoms with E-state index in [2.05, 4.69) is 0 Å². The molecule has 0 saturated heterocycles. The Morgan fingerprint density at radius 1 is 1.53 bits per heavy atom. The molecule has 0 bridgehead atoms. The Bertz CT molecular complexity index is 247. The van der Waals surface area contributed by atoms with Gasteiger partial charge >= 0.3 is 7.60 Å². The summed E-state index contributed by atoms with van der Waals surface area (Å²) in [7, 11) is -1.99. The summed E-state index contributed by atoms with van der Waals surface area (Å²) in [5.41, 5.74) is 0. The Labute approximate surface area is 90.3 Å². The molecule has 5 nitrogen and oxygen atoms in total. The summed E-state index contributed by atoms with van der Waals surface area (Å²) < 4.78 is 20.9. The normalized spacial score (nSPS) is 19.3. The minimum absolute atomic E-state index is 0.0105. The van der Waals surface area contributed by atoms with Crippen LogP contribution in [0.2, 0.25) is 0 Å². The van der Waals surface area contributed by atoms with Crippen molar-refractivity contribution in [2.75, 3.05) is 20.4 Å². The van der Waals surface area contributed by atoms with Crippen molar-refractivity contribution in [3.8, 4) is 0 Å². The fourth-order valence-electron chi connectivity index (χ4n) is 1.34. The summed E-state index contributed by atoms with van der Waals surface area (Å²) in [6.45, 7) is 4.60. The number of rotatable bonds is 7. The highest BCUT2D eigenvalue weighted by Crippen LogP contribution is 2.40. The molecule has 90 valence electrons. The summed E-state index contributed by atoms with van der Waals surface area (Å²) in [5, 5.41) is 0. The third kappa shape index (κ3) is 7.68. The van der Waals surface area contributed by atoms with Gasteiger partial charge < -0.3 is 18.9 Å². The molecule has 0 amide bonds. The molecule has 0 spiro atoms. The fraction of sp³-hybridized carbons (Fsp3) is 0.889. The molecule has 0 aliphatic carbocycles. The van der Waals surface area contributed by atoms with Gasteiger partial charge in [0.15, 0.2) is 0 Å². The topological polar surface area (TPSA) is 72.8 Å². The van der Waals surface area contributed by atoms with E-state index >= 15 is 0 Å². The quantitative estimate of drug-likeness (QED) is 0.679. The van der Waals surface area contributed by atoms with E-state index < -0.39 is 13.7 Å². The maximum atomic E-state index is 11.0. The van der Waals surface area contributed by atoms with Gasteiger partial charge in [0, 0.05) is 26.1 Å². The molecule has 0 saturated carbocycles. The highest BCUT2D eigenvalue weighted by molar-refractivity contribution is 7.51. The maximum absolute atomic E-state index is 11.0. The first-order valence-electron chi connectivity index (χ1n) is 4.73. The Hall–Kier alpha value is -0.220. The molecular weight excluding hydrogens is 219 g/mol. The lowest BCUT2D eigenvalue weighted by Gasteiger charge is -2.23. The maximum Gasteiger partial charge on any atom is 0.325 e. The van der Waals surface area contributed by atoms with Gasteiger partial charge in [-0.2, -0.15) is 0 Å². The van der Waals surface area contributed by atoms with Crippen molar-refractivity contribution in [1.29, 1.82) is 0 Å². The first kappa shape index (κ1) is 14.8. The van der Waals surface area contributed by atoms with E-state index in [0.717, 1.165) is 6.66 Å². The number of methoxy groups -OCH3 is 1. The van der Waals surface area contributed by atoms with Crippen molar-refractivity contribution in [3.63, 3.8) is 0 Å². The number of hydrogen-bond acceptors (Lipinski definition) is 4. The molecule has 3 atom stereocenters. The van der Waals surface area contributed by atoms with Gasteiger partial charge in [-0.15, -0.1) is 0 Å². The molecule has 0 aromatic rings. The van der Waals surface area contributed by atoms with E-state index in [-0.39, 0.29) is 18.1 Å². The summed E-state index contributed by atoms with van der Waals surface area (Å²) >= 11 is 0. The molecule has 1 unspecified atom stereocenters. The molecule has 0 heterocycles. The molecular formula is C9H19O5P. The Kier molecular flexibility index (Phi) is 6.29. The van der Waals surface area contributed by atoms with Gasteiger partial charge in [0.2, 0.25) is 0 Å². The lowest BCUT2D eigenvalue weighted by Crippen LogP contribution is -2.26. The minimum Gasteiger partial charge on any atom is -0.384 e. The predicted molar refractivity (Wildman–Crippen MR) is 57.0 cm³/mol. The van der Waals surface area contributed by atoms with E-state index in [1.807, 2.05) is 0 Å². The standard InChI is InChI=1S/C9H19O5P/c1-7(10)5-9(6-13-3)8(2)14-15(4,11)12/h8-9H,5-6H2,1-4H3,(H,11,12)/t8-,9-/m1/s1. The van der Waals surface area contributed by atoms with Crippen molar-refractivity contribution in [1.82, 2.24) is 0 Å². The van der Waals surface area contributed by atoms with Crippen molar-refractivity contribution in [2.45, 2.75) is 26.4 Å². The molecule has 0 aromatic heterocycles. The van der Waals surface area contributed by atoms with Crippen LogP contribution in [0.3, 0.4) is 0 Å². The van der Waals surface area contributed by atoms with Gasteiger partial charge in [-0.25, -0.2) is 0 Å². The van der Waals surface area contributed by atoms with Crippen molar-refractivity contribution >= 4 is 13.4 Å². The van der Waals surface area contributed by atoms with Crippen molar-refractivity contribution in [2.24, 2.45) is 5.92 Å². The van der Waals surface area contributed by atoms with Crippen LogP contribution in [0.4, 0.5) is 0 Å². The van der Waals surface area contributed by atoms with E-state index in [1.165, 1.54) is 14.0 Å². The van der Waals surface area contributed by atoms with Crippen LogP contribution in [-0.4, -0.2) is 37.2 Å². The molecule has 0 aromatic carbocycles. The molecule has 1 N–H and O–H groups in total. The van der Waals surface area contributed by atoms with E-state index in [1.54, 1.807) is 6.92 Å². The second-order valence-corrected chi connectivity index (χ2v) is 5.55. The summed E-state index contributed by atoms with van der Waals surface area (Å²) in [6, 6.07) is 0. The fourth-order valence-corrected chi connectivity index (χ4v) is 2.13. The van der Waals surface area contributed by atoms with Gasteiger partial charge in [0.25, 0.3) is 0 Å². The lowest BCUT2D eigenvalue weighted by molar-refractivity contribution is -0.119. The number of carbonyl (C=O) groups is 1. The molecule has 0 aliphatic heterocycles. The average Bonchev–Trinajstić information content (AvgIpc) is 1.99. The third-order valence-corrected chi connectivity index (χ3v) is 2.68. The molecule has 0 rings (SSSR count). The minimum atomic E-state index is -3.51. The number of carbonyl (C=O) groups excluding carboxylic acids is 1. The summed E-state index contributed by atoms with van der Waals surface area (Å²) in [5.74, 6) is -0.177. The van der Waals surface area contributed by atoms with Gasteiger partial charge in [-0.05, 0) is 13.8 Å².